The highest BCUT2D eigenvalue weighted by atomic mass is 35.5. The van der Waals surface area contributed by atoms with E-state index in [0.29, 0.717) is 0 Å². The standard InChI is InChI=1S/C13H10ClN3O2/c1-16-7-9(2-3-13(16)19)17-11-5-10(14)12(18)4-8(11)6-15-17/h2-7,18H,1H3. The van der Waals surface area contributed by atoms with Gasteiger partial charge in [0.05, 0.1) is 22.4 Å². The van der Waals surface area contributed by atoms with Crippen molar-refractivity contribution in [2.24, 2.45) is 7.05 Å². The fourth-order valence-corrected chi connectivity index (χ4v) is 2.10. The Labute approximate surface area is 113 Å². The predicted molar refractivity (Wildman–Crippen MR) is 73.0 cm³/mol. The minimum absolute atomic E-state index is 0.0224. The van der Waals surface area contributed by atoms with Crippen molar-refractivity contribution in [3.63, 3.8) is 0 Å². The van der Waals surface area contributed by atoms with Crippen molar-refractivity contribution in [2.45, 2.75) is 0 Å². The van der Waals surface area contributed by atoms with E-state index >= 15 is 0 Å². The molecule has 0 aliphatic rings. The van der Waals surface area contributed by atoms with Gasteiger partial charge in [0, 0.05) is 24.7 Å². The summed E-state index contributed by atoms with van der Waals surface area (Å²) >= 11 is 5.91. The first-order chi connectivity index (χ1) is 9.06. The number of hydrogen-bond acceptors (Lipinski definition) is 3. The van der Waals surface area contributed by atoms with Crippen molar-refractivity contribution in [2.75, 3.05) is 0 Å². The smallest absolute Gasteiger partial charge is 0.250 e. The van der Waals surface area contributed by atoms with E-state index in [0.717, 1.165) is 16.6 Å². The van der Waals surface area contributed by atoms with Crippen LogP contribution in [0.25, 0.3) is 16.6 Å². The lowest BCUT2D eigenvalue weighted by Crippen LogP contribution is -2.15. The lowest BCUT2D eigenvalue weighted by atomic mass is 10.2. The Morgan fingerprint density at radius 1 is 1.32 bits per heavy atom. The Kier molecular flexibility index (Phi) is 2.57. The molecule has 0 amide bonds. The van der Waals surface area contributed by atoms with Crippen molar-refractivity contribution in [3.8, 4) is 11.4 Å². The molecule has 0 spiro atoms. The Morgan fingerprint density at radius 3 is 2.84 bits per heavy atom. The Hall–Kier alpha value is -2.27. The summed E-state index contributed by atoms with van der Waals surface area (Å²) in [6, 6.07) is 6.37. The molecule has 0 radical (unpaired) electrons. The van der Waals surface area contributed by atoms with E-state index in [2.05, 4.69) is 5.10 Å². The predicted octanol–water partition coefficient (Wildman–Crippen LogP) is 2.08. The summed E-state index contributed by atoms with van der Waals surface area (Å²) in [5, 5.41) is 14.9. The van der Waals surface area contributed by atoms with Crippen LogP contribution in [0.15, 0.2) is 41.5 Å². The number of fused-ring (bicyclic) bond motifs is 1. The monoisotopic (exact) mass is 275 g/mol. The van der Waals surface area contributed by atoms with Gasteiger partial charge in [-0.3, -0.25) is 4.79 Å². The second kappa shape index (κ2) is 4.13. The number of phenols is 1. The number of aromatic hydroxyl groups is 1. The van der Waals surface area contributed by atoms with Crippen LogP contribution in [0, 0.1) is 0 Å². The maximum absolute atomic E-state index is 11.4. The largest absolute Gasteiger partial charge is 0.506 e. The van der Waals surface area contributed by atoms with E-state index in [9.17, 15) is 9.90 Å². The van der Waals surface area contributed by atoms with E-state index < -0.39 is 0 Å². The summed E-state index contributed by atoms with van der Waals surface area (Å²) in [5.74, 6) is 0.0224. The second-order valence-electron chi connectivity index (χ2n) is 4.26. The molecule has 0 saturated carbocycles. The highest BCUT2D eigenvalue weighted by Gasteiger charge is 2.09. The number of nitrogens with zero attached hydrogens (tertiary/aromatic N) is 3. The van der Waals surface area contributed by atoms with Gasteiger partial charge in [-0.15, -0.1) is 0 Å². The zero-order valence-electron chi connectivity index (χ0n) is 10.0. The van der Waals surface area contributed by atoms with E-state index in [4.69, 9.17) is 11.6 Å². The zero-order valence-corrected chi connectivity index (χ0v) is 10.8. The van der Waals surface area contributed by atoms with Crippen molar-refractivity contribution in [1.82, 2.24) is 14.3 Å². The Morgan fingerprint density at radius 2 is 2.11 bits per heavy atom. The number of rotatable bonds is 1. The highest BCUT2D eigenvalue weighted by Crippen LogP contribution is 2.29. The minimum Gasteiger partial charge on any atom is -0.506 e. The molecule has 19 heavy (non-hydrogen) atoms. The summed E-state index contributed by atoms with van der Waals surface area (Å²) in [6.07, 6.45) is 3.33. The lowest BCUT2D eigenvalue weighted by molar-refractivity contribution is 0.476. The zero-order chi connectivity index (χ0) is 13.6. The molecular formula is C13H10ClN3O2. The minimum atomic E-state index is -0.0871. The third-order valence-electron chi connectivity index (χ3n) is 2.95. The first kappa shape index (κ1) is 11.8. The summed E-state index contributed by atoms with van der Waals surface area (Å²) in [7, 11) is 1.68. The van der Waals surface area contributed by atoms with Crippen LogP contribution >= 0.6 is 11.6 Å². The molecule has 0 saturated heterocycles. The normalized spacial score (nSPS) is 11.1. The SMILES string of the molecule is Cn1cc(-n2ncc3cc(O)c(Cl)cc32)ccc1=O. The molecule has 0 unspecified atom stereocenters. The topological polar surface area (TPSA) is 60.1 Å². The molecule has 0 aliphatic heterocycles. The third-order valence-corrected chi connectivity index (χ3v) is 3.25. The maximum Gasteiger partial charge on any atom is 0.250 e. The van der Waals surface area contributed by atoms with Gasteiger partial charge in [-0.2, -0.15) is 5.10 Å². The van der Waals surface area contributed by atoms with Crippen molar-refractivity contribution in [3.05, 3.63) is 52.0 Å². The molecule has 0 bridgehead atoms. The summed E-state index contributed by atoms with van der Waals surface area (Å²) in [6.45, 7) is 0. The summed E-state index contributed by atoms with van der Waals surface area (Å²) < 4.78 is 3.14. The molecule has 2 aromatic heterocycles. The highest BCUT2D eigenvalue weighted by molar-refractivity contribution is 6.32. The number of hydrogen-bond donors (Lipinski definition) is 1. The average molecular weight is 276 g/mol. The number of benzene rings is 1. The van der Waals surface area contributed by atoms with Gasteiger partial charge in [0.2, 0.25) is 5.56 Å². The first-order valence-electron chi connectivity index (χ1n) is 5.59. The maximum atomic E-state index is 11.4. The van der Waals surface area contributed by atoms with E-state index in [1.807, 2.05) is 0 Å². The molecule has 6 heteroatoms. The van der Waals surface area contributed by atoms with Gasteiger partial charge in [-0.05, 0) is 18.2 Å². The van der Waals surface area contributed by atoms with Crippen molar-refractivity contribution < 1.29 is 5.11 Å². The molecule has 1 N–H and O–H groups in total. The van der Waals surface area contributed by atoms with Gasteiger partial charge in [-0.1, -0.05) is 11.6 Å². The second-order valence-corrected chi connectivity index (χ2v) is 4.66. The molecule has 0 atom stereocenters. The van der Waals surface area contributed by atoms with Gasteiger partial charge in [0.1, 0.15) is 5.75 Å². The molecule has 0 fully saturated rings. The molecule has 3 rings (SSSR count). The van der Waals surface area contributed by atoms with Crippen LogP contribution in [-0.2, 0) is 7.05 Å². The fraction of sp³-hybridized carbons (Fsp3) is 0.0769. The van der Waals surface area contributed by atoms with Crippen LogP contribution < -0.4 is 5.56 Å². The van der Waals surface area contributed by atoms with Gasteiger partial charge in [0.15, 0.2) is 0 Å². The lowest BCUT2D eigenvalue weighted by Gasteiger charge is -2.06. The number of pyridine rings is 1. The van der Waals surface area contributed by atoms with Gasteiger partial charge in [-0.25, -0.2) is 4.68 Å². The first-order valence-corrected chi connectivity index (χ1v) is 5.97. The van der Waals surface area contributed by atoms with Gasteiger partial charge in [0.25, 0.3) is 0 Å². The fourth-order valence-electron chi connectivity index (χ4n) is 1.95. The summed E-state index contributed by atoms with van der Waals surface area (Å²) in [4.78, 5) is 11.4. The van der Waals surface area contributed by atoms with Crippen molar-refractivity contribution >= 4 is 22.5 Å². The third kappa shape index (κ3) is 1.88. The molecule has 2 heterocycles. The van der Waals surface area contributed by atoms with E-state index in [1.165, 1.54) is 10.6 Å². The Balaban J connectivity index is 2.27. The van der Waals surface area contributed by atoms with Gasteiger partial charge < -0.3 is 9.67 Å². The van der Waals surface area contributed by atoms with Crippen LogP contribution in [0.5, 0.6) is 5.75 Å². The Bertz CT molecular complexity index is 836. The van der Waals surface area contributed by atoms with Crippen molar-refractivity contribution in [1.29, 1.82) is 0 Å². The van der Waals surface area contributed by atoms with Gasteiger partial charge >= 0.3 is 0 Å². The van der Waals surface area contributed by atoms with Crippen LogP contribution in [0.2, 0.25) is 5.02 Å². The molecule has 96 valence electrons. The molecule has 0 aliphatic carbocycles. The molecular weight excluding hydrogens is 266 g/mol. The number of phenolic OH excluding ortho intramolecular Hbond substituents is 1. The average Bonchev–Trinajstić information content (AvgIpc) is 2.76. The van der Waals surface area contributed by atoms with E-state index in [1.54, 1.807) is 42.3 Å². The summed E-state index contributed by atoms with van der Waals surface area (Å²) in [5.41, 5.74) is 1.43. The van der Waals surface area contributed by atoms with Crippen LogP contribution in [0.3, 0.4) is 0 Å². The quantitative estimate of drug-likeness (QED) is 0.740. The van der Waals surface area contributed by atoms with Crippen LogP contribution in [0.4, 0.5) is 0 Å². The van der Waals surface area contributed by atoms with Crippen LogP contribution in [0.1, 0.15) is 0 Å². The number of aryl methyl sites for hydroxylation is 1. The van der Waals surface area contributed by atoms with E-state index in [-0.39, 0.29) is 16.3 Å². The number of aromatic nitrogens is 3. The van der Waals surface area contributed by atoms with Crippen LogP contribution in [-0.4, -0.2) is 19.5 Å². The molecule has 1 aromatic carbocycles. The molecule has 3 aromatic rings. The molecule has 5 nitrogen and oxygen atoms in total. The number of halogens is 1.